The number of aryl methyl sites for hydroxylation is 1. The summed E-state index contributed by atoms with van der Waals surface area (Å²) in [7, 11) is 1.42. The normalized spacial score (nSPS) is 30.3. The molecule has 3 rings (SSSR count). The Balaban J connectivity index is 1.57. The highest BCUT2D eigenvalue weighted by molar-refractivity contribution is 5.79. The van der Waals surface area contributed by atoms with Gasteiger partial charge in [0, 0.05) is 18.9 Å². The summed E-state index contributed by atoms with van der Waals surface area (Å²) in [6.07, 6.45) is 5.78. The number of hydrogen-bond acceptors (Lipinski definition) is 4. The molecule has 21 heavy (non-hydrogen) atoms. The lowest BCUT2D eigenvalue weighted by Gasteiger charge is -2.29. The molecule has 0 aliphatic heterocycles. The molecule has 2 aliphatic carbocycles. The number of rotatable bonds is 5. The van der Waals surface area contributed by atoms with E-state index in [1.165, 1.54) is 7.11 Å². The van der Waals surface area contributed by atoms with Crippen molar-refractivity contribution in [1.82, 2.24) is 5.32 Å². The number of carbonyl (C=O) groups is 2. The SMILES string of the molecule is COC(=O)[C@@H]1[C@H]2CC[C@@H](C2)[C@@H]1NC(=O)CCc1ccco1. The first kappa shape index (κ1) is 14.2. The first-order chi connectivity index (χ1) is 10.2. The summed E-state index contributed by atoms with van der Waals surface area (Å²) in [6.45, 7) is 0. The molecule has 2 bridgehead atoms. The third-order valence-electron chi connectivity index (χ3n) is 4.90. The lowest BCUT2D eigenvalue weighted by Crippen LogP contribution is -2.47. The third kappa shape index (κ3) is 2.82. The van der Waals surface area contributed by atoms with E-state index < -0.39 is 0 Å². The van der Waals surface area contributed by atoms with Crippen LogP contribution in [0.1, 0.15) is 31.4 Å². The summed E-state index contributed by atoms with van der Waals surface area (Å²) in [5, 5.41) is 3.06. The quantitative estimate of drug-likeness (QED) is 0.842. The molecule has 0 unspecified atom stereocenters. The Morgan fingerprint density at radius 2 is 2.19 bits per heavy atom. The number of nitrogens with one attached hydrogen (secondary N) is 1. The monoisotopic (exact) mass is 291 g/mol. The van der Waals surface area contributed by atoms with Crippen LogP contribution in [-0.4, -0.2) is 25.0 Å². The van der Waals surface area contributed by atoms with Gasteiger partial charge in [0.25, 0.3) is 0 Å². The minimum absolute atomic E-state index is 0.0159. The minimum atomic E-state index is -0.182. The van der Waals surface area contributed by atoms with Gasteiger partial charge in [-0.2, -0.15) is 0 Å². The highest BCUT2D eigenvalue weighted by Gasteiger charge is 2.51. The predicted octanol–water partition coefficient (Wildman–Crippen LogP) is 1.92. The fraction of sp³-hybridized carbons (Fsp3) is 0.625. The molecule has 0 aromatic carbocycles. The van der Waals surface area contributed by atoms with Crippen molar-refractivity contribution in [3.63, 3.8) is 0 Å². The Kier molecular flexibility index (Phi) is 3.99. The van der Waals surface area contributed by atoms with Crippen molar-refractivity contribution in [2.45, 2.75) is 38.1 Å². The van der Waals surface area contributed by atoms with Gasteiger partial charge in [0.1, 0.15) is 5.76 Å². The Morgan fingerprint density at radius 3 is 2.90 bits per heavy atom. The lowest BCUT2D eigenvalue weighted by molar-refractivity contribution is -0.148. The average Bonchev–Trinajstić information content (AvgIpc) is 3.21. The fourth-order valence-electron chi connectivity index (χ4n) is 3.92. The first-order valence-electron chi connectivity index (χ1n) is 7.58. The van der Waals surface area contributed by atoms with Crippen LogP contribution < -0.4 is 5.32 Å². The Bertz CT molecular complexity index is 510. The zero-order valence-electron chi connectivity index (χ0n) is 12.2. The first-order valence-corrected chi connectivity index (χ1v) is 7.58. The molecule has 4 atom stereocenters. The van der Waals surface area contributed by atoms with Crippen molar-refractivity contribution in [3.8, 4) is 0 Å². The number of methoxy groups -OCH3 is 1. The molecule has 1 amide bonds. The summed E-state index contributed by atoms with van der Waals surface area (Å²) >= 11 is 0. The molecular weight excluding hydrogens is 270 g/mol. The summed E-state index contributed by atoms with van der Waals surface area (Å²) in [5.41, 5.74) is 0. The maximum absolute atomic E-state index is 12.1. The molecule has 0 saturated heterocycles. The van der Waals surface area contributed by atoms with Gasteiger partial charge >= 0.3 is 5.97 Å². The second-order valence-corrected chi connectivity index (χ2v) is 6.05. The number of carbonyl (C=O) groups excluding carboxylic acids is 2. The highest BCUT2D eigenvalue weighted by Crippen LogP contribution is 2.48. The molecule has 2 fully saturated rings. The standard InChI is InChI=1S/C16H21NO4/c1-20-16(19)14-10-4-5-11(9-10)15(14)17-13(18)7-6-12-3-2-8-21-12/h2-3,8,10-11,14-15H,4-7,9H2,1H3,(H,17,18)/t10-,11-,14+,15-/m0/s1. The largest absolute Gasteiger partial charge is 0.469 e. The van der Waals surface area contributed by atoms with E-state index in [0.29, 0.717) is 24.7 Å². The number of amides is 1. The fourth-order valence-corrected chi connectivity index (χ4v) is 3.92. The van der Waals surface area contributed by atoms with Gasteiger partial charge in [0.15, 0.2) is 0 Å². The van der Waals surface area contributed by atoms with Crippen LogP contribution in [0.25, 0.3) is 0 Å². The van der Waals surface area contributed by atoms with E-state index in [1.54, 1.807) is 6.26 Å². The lowest BCUT2D eigenvalue weighted by atomic mass is 9.84. The van der Waals surface area contributed by atoms with Crippen LogP contribution in [0.5, 0.6) is 0 Å². The smallest absolute Gasteiger partial charge is 0.311 e. The van der Waals surface area contributed by atoms with E-state index in [4.69, 9.17) is 9.15 Å². The summed E-state index contributed by atoms with van der Waals surface area (Å²) in [6, 6.07) is 3.62. The number of ether oxygens (including phenoxy) is 1. The maximum Gasteiger partial charge on any atom is 0.311 e. The van der Waals surface area contributed by atoms with E-state index in [9.17, 15) is 9.59 Å². The maximum atomic E-state index is 12.1. The van der Waals surface area contributed by atoms with E-state index in [0.717, 1.165) is 25.0 Å². The van der Waals surface area contributed by atoms with Crippen LogP contribution in [-0.2, 0) is 20.7 Å². The highest BCUT2D eigenvalue weighted by atomic mass is 16.5. The zero-order chi connectivity index (χ0) is 14.8. The van der Waals surface area contributed by atoms with Crippen LogP contribution in [0.2, 0.25) is 0 Å². The topological polar surface area (TPSA) is 68.5 Å². The summed E-state index contributed by atoms with van der Waals surface area (Å²) in [5.74, 6) is 1.24. The van der Waals surface area contributed by atoms with Crippen LogP contribution in [0.15, 0.2) is 22.8 Å². The number of fused-ring (bicyclic) bond motifs is 2. The van der Waals surface area contributed by atoms with E-state index in [2.05, 4.69) is 5.32 Å². The summed E-state index contributed by atoms with van der Waals surface area (Å²) in [4.78, 5) is 24.1. The number of esters is 1. The van der Waals surface area contributed by atoms with Gasteiger partial charge in [0.05, 0.1) is 19.3 Å². The zero-order valence-corrected chi connectivity index (χ0v) is 12.2. The molecule has 5 nitrogen and oxygen atoms in total. The molecule has 1 heterocycles. The van der Waals surface area contributed by atoms with Crippen molar-refractivity contribution in [3.05, 3.63) is 24.2 Å². The van der Waals surface area contributed by atoms with Crippen molar-refractivity contribution in [2.75, 3.05) is 7.11 Å². The van der Waals surface area contributed by atoms with Gasteiger partial charge in [-0.1, -0.05) is 0 Å². The molecule has 2 aliphatic rings. The van der Waals surface area contributed by atoms with Gasteiger partial charge in [-0.25, -0.2) is 0 Å². The second-order valence-electron chi connectivity index (χ2n) is 6.05. The van der Waals surface area contributed by atoms with Crippen LogP contribution in [0.4, 0.5) is 0 Å². The molecule has 0 radical (unpaired) electrons. The summed E-state index contributed by atoms with van der Waals surface area (Å²) < 4.78 is 10.1. The Hall–Kier alpha value is -1.78. The van der Waals surface area contributed by atoms with Gasteiger partial charge in [-0.15, -0.1) is 0 Å². The van der Waals surface area contributed by atoms with E-state index in [1.807, 2.05) is 12.1 Å². The van der Waals surface area contributed by atoms with Crippen LogP contribution in [0.3, 0.4) is 0 Å². The molecule has 2 saturated carbocycles. The molecule has 1 aromatic rings. The van der Waals surface area contributed by atoms with Crippen molar-refractivity contribution < 1.29 is 18.7 Å². The van der Waals surface area contributed by atoms with Crippen molar-refractivity contribution >= 4 is 11.9 Å². The van der Waals surface area contributed by atoms with Crippen molar-refractivity contribution in [2.24, 2.45) is 17.8 Å². The number of hydrogen-bond donors (Lipinski definition) is 1. The molecular formula is C16H21NO4. The van der Waals surface area contributed by atoms with Gasteiger partial charge < -0.3 is 14.5 Å². The van der Waals surface area contributed by atoms with Gasteiger partial charge in [-0.05, 0) is 43.2 Å². The van der Waals surface area contributed by atoms with E-state index >= 15 is 0 Å². The van der Waals surface area contributed by atoms with Crippen LogP contribution in [0, 0.1) is 17.8 Å². The Morgan fingerprint density at radius 1 is 1.38 bits per heavy atom. The molecule has 0 spiro atoms. The van der Waals surface area contributed by atoms with Gasteiger partial charge in [-0.3, -0.25) is 9.59 Å². The Labute approximate surface area is 124 Å². The minimum Gasteiger partial charge on any atom is -0.469 e. The van der Waals surface area contributed by atoms with Crippen molar-refractivity contribution in [1.29, 1.82) is 0 Å². The van der Waals surface area contributed by atoms with Crippen LogP contribution >= 0.6 is 0 Å². The molecule has 114 valence electrons. The molecule has 1 N–H and O–H groups in total. The third-order valence-corrected chi connectivity index (χ3v) is 4.90. The predicted molar refractivity (Wildman–Crippen MR) is 75.3 cm³/mol. The number of furan rings is 1. The second kappa shape index (κ2) is 5.92. The average molecular weight is 291 g/mol. The molecule has 5 heteroatoms. The van der Waals surface area contributed by atoms with E-state index in [-0.39, 0.29) is 23.8 Å². The van der Waals surface area contributed by atoms with Gasteiger partial charge in [0.2, 0.25) is 5.91 Å². The molecule has 1 aromatic heterocycles.